The highest BCUT2D eigenvalue weighted by molar-refractivity contribution is 4.88. The molecule has 0 amide bonds. The zero-order chi connectivity index (χ0) is 9.19. The SMILES string of the molecule is CCC1CCC(O)([C@H](C)O)CC1. The Balaban J connectivity index is 2.44. The highest BCUT2D eigenvalue weighted by atomic mass is 16.3. The summed E-state index contributed by atoms with van der Waals surface area (Å²) in [6, 6.07) is 0. The van der Waals surface area contributed by atoms with Crippen molar-refractivity contribution in [1.82, 2.24) is 0 Å². The van der Waals surface area contributed by atoms with E-state index < -0.39 is 11.7 Å². The second-order valence-electron chi connectivity index (χ2n) is 4.13. The first-order chi connectivity index (χ1) is 5.58. The Bertz CT molecular complexity index is 135. The molecule has 1 atom stereocenters. The maximum absolute atomic E-state index is 9.91. The van der Waals surface area contributed by atoms with Crippen LogP contribution in [0.25, 0.3) is 0 Å². The minimum absolute atomic E-state index is 0.574. The molecule has 0 aromatic rings. The third-order valence-corrected chi connectivity index (χ3v) is 3.33. The van der Waals surface area contributed by atoms with Crippen LogP contribution in [0.4, 0.5) is 0 Å². The van der Waals surface area contributed by atoms with Gasteiger partial charge in [0.1, 0.15) is 0 Å². The van der Waals surface area contributed by atoms with Crippen molar-refractivity contribution in [3.63, 3.8) is 0 Å². The van der Waals surface area contributed by atoms with Crippen molar-refractivity contribution in [2.45, 2.75) is 57.7 Å². The number of hydrogen-bond acceptors (Lipinski definition) is 2. The van der Waals surface area contributed by atoms with E-state index in [1.54, 1.807) is 6.92 Å². The molecule has 72 valence electrons. The quantitative estimate of drug-likeness (QED) is 0.665. The van der Waals surface area contributed by atoms with Gasteiger partial charge in [0.2, 0.25) is 0 Å². The molecule has 0 aromatic heterocycles. The summed E-state index contributed by atoms with van der Waals surface area (Å²) in [5.74, 6) is 0.768. The van der Waals surface area contributed by atoms with Gasteiger partial charge in [0.15, 0.2) is 0 Å². The lowest BCUT2D eigenvalue weighted by Gasteiger charge is -2.37. The summed E-state index contributed by atoms with van der Waals surface area (Å²) >= 11 is 0. The minimum Gasteiger partial charge on any atom is -0.390 e. The van der Waals surface area contributed by atoms with Crippen molar-refractivity contribution in [2.24, 2.45) is 5.92 Å². The van der Waals surface area contributed by atoms with Gasteiger partial charge in [-0.1, -0.05) is 13.3 Å². The zero-order valence-corrected chi connectivity index (χ0v) is 8.08. The van der Waals surface area contributed by atoms with Gasteiger partial charge in [0, 0.05) is 0 Å². The molecule has 0 unspecified atom stereocenters. The normalized spacial score (nSPS) is 39.5. The summed E-state index contributed by atoms with van der Waals surface area (Å²) in [6.45, 7) is 3.88. The number of rotatable bonds is 2. The van der Waals surface area contributed by atoms with Crippen molar-refractivity contribution in [3.8, 4) is 0 Å². The molecule has 0 aliphatic heterocycles. The molecule has 12 heavy (non-hydrogen) atoms. The first kappa shape index (κ1) is 10.0. The number of aliphatic hydroxyl groups is 2. The second-order valence-corrected chi connectivity index (χ2v) is 4.13. The predicted molar refractivity (Wildman–Crippen MR) is 48.9 cm³/mol. The lowest BCUT2D eigenvalue weighted by atomic mass is 9.75. The van der Waals surface area contributed by atoms with Gasteiger partial charge in [-0.05, 0) is 38.5 Å². The number of hydrogen-bond donors (Lipinski definition) is 2. The standard InChI is InChI=1S/C10H20O2/c1-3-9-4-6-10(12,7-5-9)8(2)11/h8-9,11-12H,3-7H2,1-2H3/t8-,9?,10?/m0/s1. The Hall–Kier alpha value is -0.0800. The van der Waals surface area contributed by atoms with Crippen molar-refractivity contribution in [2.75, 3.05) is 0 Å². The molecular formula is C10H20O2. The summed E-state index contributed by atoms with van der Waals surface area (Å²) < 4.78 is 0. The second kappa shape index (κ2) is 3.75. The van der Waals surface area contributed by atoms with Crippen LogP contribution in [0.3, 0.4) is 0 Å². The van der Waals surface area contributed by atoms with Crippen molar-refractivity contribution in [1.29, 1.82) is 0 Å². The molecule has 0 radical (unpaired) electrons. The predicted octanol–water partition coefficient (Wildman–Crippen LogP) is 1.70. The zero-order valence-electron chi connectivity index (χ0n) is 8.08. The molecule has 0 spiro atoms. The van der Waals surface area contributed by atoms with Gasteiger partial charge in [0.05, 0.1) is 11.7 Å². The average molecular weight is 172 g/mol. The summed E-state index contributed by atoms with van der Waals surface area (Å²) in [7, 11) is 0. The highest BCUT2D eigenvalue weighted by Crippen LogP contribution is 2.35. The monoisotopic (exact) mass is 172 g/mol. The van der Waals surface area contributed by atoms with Crippen molar-refractivity contribution < 1.29 is 10.2 Å². The van der Waals surface area contributed by atoms with Crippen LogP contribution in [-0.4, -0.2) is 21.9 Å². The fourth-order valence-corrected chi connectivity index (χ4v) is 2.00. The molecule has 1 aliphatic rings. The van der Waals surface area contributed by atoms with Crippen molar-refractivity contribution >= 4 is 0 Å². The molecular weight excluding hydrogens is 152 g/mol. The van der Waals surface area contributed by atoms with Crippen LogP contribution in [0.1, 0.15) is 46.0 Å². The van der Waals surface area contributed by atoms with Gasteiger partial charge < -0.3 is 10.2 Å². The molecule has 2 nitrogen and oxygen atoms in total. The topological polar surface area (TPSA) is 40.5 Å². The van der Waals surface area contributed by atoms with E-state index in [2.05, 4.69) is 6.92 Å². The summed E-state index contributed by atoms with van der Waals surface area (Å²) in [4.78, 5) is 0. The molecule has 0 saturated heterocycles. The van der Waals surface area contributed by atoms with E-state index >= 15 is 0 Å². The van der Waals surface area contributed by atoms with Crippen molar-refractivity contribution in [3.05, 3.63) is 0 Å². The maximum atomic E-state index is 9.91. The van der Waals surface area contributed by atoms with Crippen LogP contribution in [-0.2, 0) is 0 Å². The summed E-state index contributed by atoms with van der Waals surface area (Å²) in [5, 5.41) is 19.3. The van der Waals surface area contributed by atoms with Gasteiger partial charge in [-0.25, -0.2) is 0 Å². The van der Waals surface area contributed by atoms with Crippen LogP contribution in [0.5, 0.6) is 0 Å². The van der Waals surface area contributed by atoms with Gasteiger partial charge in [-0.3, -0.25) is 0 Å². The lowest BCUT2D eigenvalue weighted by Crippen LogP contribution is -2.43. The van der Waals surface area contributed by atoms with Crippen LogP contribution >= 0.6 is 0 Å². The van der Waals surface area contributed by atoms with Gasteiger partial charge in [0.25, 0.3) is 0 Å². The third-order valence-electron chi connectivity index (χ3n) is 3.33. The smallest absolute Gasteiger partial charge is 0.0902 e. The Morgan fingerprint density at radius 1 is 1.42 bits per heavy atom. The van der Waals surface area contributed by atoms with E-state index in [-0.39, 0.29) is 0 Å². The summed E-state index contributed by atoms with van der Waals surface area (Å²) in [5.41, 5.74) is -0.786. The Morgan fingerprint density at radius 2 is 1.92 bits per heavy atom. The van der Waals surface area contributed by atoms with E-state index in [1.807, 2.05) is 0 Å². The van der Waals surface area contributed by atoms with E-state index in [1.165, 1.54) is 6.42 Å². The van der Waals surface area contributed by atoms with E-state index in [0.717, 1.165) is 31.6 Å². The lowest BCUT2D eigenvalue weighted by molar-refractivity contribution is -0.0960. The van der Waals surface area contributed by atoms with Crippen LogP contribution in [0.15, 0.2) is 0 Å². The molecule has 2 heteroatoms. The van der Waals surface area contributed by atoms with Crippen LogP contribution in [0, 0.1) is 5.92 Å². The molecule has 1 saturated carbocycles. The fraction of sp³-hybridized carbons (Fsp3) is 1.00. The van der Waals surface area contributed by atoms with E-state index in [4.69, 9.17) is 0 Å². The van der Waals surface area contributed by atoms with E-state index in [0.29, 0.717) is 0 Å². The largest absolute Gasteiger partial charge is 0.390 e. The molecule has 0 aromatic carbocycles. The highest BCUT2D eigenvalue weighted by Gasteiger charge is 2.36. The Labute approximate surface area is 74.6 Å². The van der Waals surface area contributed by atoms with Gasteiger partial charge >= 0.3 is 0 Å². The third kappa shape index (κ3) is 1.99. The minimum atomic E-state index is -0.786. The maximum Gasteiger partial charge on any atom is 0.0902 e. The molecule has 2 N–H and O–H groups in total. The van der Waals surface area contributed by atoms with Gasteiger partial charge in [-0.2, -0.15) is 0 Å². The van der Waals surface area contributed by atoms with Crippen LogP contribution in [0.2, 0.25) is 0 Å². The summed E-state index contributed by atoms with van der Waals surface area (Å²) in [6.07, 6.45) is 4.30. The van der Waals surface area contributed by atoms with Gasteiger partial charge in [-0.15, -0.1) is 0 Å². The molecule has 0 bridgehead atoms. The molecule has 0 heterocycles. The van der Waals surface area contributed by atoms with Crippen LogP contribution < -0.4 is 0 Å². The van der Waals surface area contributed by atoms with E-state index in [9.17, 15) is 10.2 Å². The Kier molecular flexibility index (Phi) is 3.13. The molecule has 1 fully saturated rings. The average Bonchev–Trinajstić information content (AvgIpc) is 2.06. The first-order valence-electron chi connectivity index (χ1n) is 4.99. The molecule has 1 aliphatic carbocycles. The Morgan fingerprint density at radius 3 is 2.25 bits per heavy atom. The number of aliphatic hydroxyl groups excluding tert-OH is 1. The first-order valence-corrected chi connectivity index (χ1v) is 4.99. The fourth-order valence-electron chi connectivity index (χ4n) is 2.00. The molecule has 1 rings (SSSR count).